The second kappa shape index (κ2) is 4.76. The van der Waals surface area contributed by atoms with Crippen LogP contribution in [0.5, 0.6) is 0 Å². The Bertz CT molecular complexity index is 854. The lowest BCUT2D eigenvalue weighted by molar-refractivity contribution is 0.560. The predicted octanol–water partition coefficient (Wildman–Crippen LogP) is 3.27. The number of H-pyrrole nitrogens is 1. The van der Waals surface area contributed by atoms with Gasteiger partial charge in [0.2, 0.25) is 0 Å². The van der Waals surface area contributed by atoms with Crippen LogP contribution in [-0.4, -0.2) is 11.5 Å². The largest absolute Gasteiger partial charge is 0.357 e. The monoisotopic (exact) mass is 273 g/mol. The molecule has 0 saturated carbocycles. The second-order valence-corrected chi connectivity index (χ2v) is 5.44. The van der Waals surface area contributed by atoms with Crippen molar-refractivity contribution in [1.29, 1.82) is 5.26 Å². The number of fused-ring (bicyclic) bond motifs is 3. The van der Waals surface area contributed by atoms with Gasteiger partial charge in [-0.2, -0.15) is 5.26 Å². The van der Waals surface area contributed by atoms with Gasteiger partial charge < -0.3 is 10.3 Å². The molecule has 0 saturated heterocycles. The zero-order chi connectivity index (χ0) is 14.2. The Morgan fingerprint density at radius 3 is 2.90 bits per heavy atom. The summed E-state index contributed by atoms with van der Waals surface area (Å²) in [6.07, 6.45) is 1.04. The highest BCUT2D eigenvalue weighted by Gasteiger charge is 2.25. The lowest BCUT2D eigenvalue weighted by Gasteiger charge is -2.25. The number of nitrogens with zero attached hydrogens (tertiary/aromatic N) is 1. The van der Waals surface area contributed by atoms with Gasteiger partial charge in [-0.05, 0) is 35.7 Å². The molecule has 1 aliphatic rings. The minimum atomic E-state index is 0.134. The molecule has 0 radical (unpaired) electrons. The molecule has 0 aliphatic carbocycles. The lowest BCUT2D eigenvalue weighted by Crippen LogP contribution is -2.30. The number of hydrogen-bond acceptors (Lipinski definition) is 2. The highest BCUT2D eigenvalue weighted by atomic mass is 15.0. The quantitative estimate of drug-likeness (QED) is 0.715. The molecule has 2 aromatic carbocycles. The molecular formula is C18H15N3. The van der Waals surface area contributed by atoms with E-state index in [-0.39, 0.29) is 6.04 Å². The molecule has 3 heteroatoms. The lowest BCUT2D eigenvalue weighted by atomic mass is 9.93. The summed E-state index contributed by atoms with van der Waals surface area (Å²) in [6.45, 7) is 0.955. The Labute approximate surface area is 123 Å². The van der Waals surface area contributed by atoms with Gasteiger partial charge in [-0.25, -0.2) is 0 Å². The molecule has 3 aromatic rings. The fourth-order valence-electron chi connectivity index (χ4n) is 3.25. The van der Waals surface area contributed by atoms with Crippen molar-refractivity contribution in [1.82, 2.24) is 10.3 Å². The van der Waals surface area contributed by atoms with E-state index in [2.05, 4.69) is 46.7 Å². The van der Waals surface area contributed by atoms with Gasteiger partial charge in [0.15, 0.2) is 0 Å². The maximum atomic E-state index is 9.09. The van der Waals surface area contributed by atoms with Crippen molar-refractivity contribution in [3.8, 4) is 6.07 Å². The molecule has 102 valence electrons. The standard InChI is InChI=1S/C18H15N3/c19-11-12-4-3-5-13(10-12)17-18-15(8-9-20-17)14-6-1-2-7-16(14)21-18/h1-7,10,17,20-21H,8-9H2. The molecule has 2 heterocycles. The highest BCUT2D eigenvalue weighted by molar-refractivity contribution is 5.85. The van der Waals surface area contributed by atoms with Gasteiger partial charge in [0.25, 0.3) is 0 Å². The topological polar surface area (TPSA) is 51.6 Å². The average molecular weight is 273 g/mol. The van der Waals surface area contributed by atoms with Crippen molar-refractivity contribution in [2.45, 2.75) is 12.5 Å². The van der Waals surface area contributed by atoms with Crippen LogP contribution in [0.1, 0.15) is 28.4 Å². The fourth-order valence-corrected chi connectivity index (χ4v) is 3.25. The predicted molar refractivity (Wildman–Crippen MR) is 83.0 cm³/mol. The third-order valence-corrected chi connectivity index (χ3v) is 4.21. The van der Waals surface area contributed by atoms with Crippen molar-refractivity contribution in [2.75, 3.05) is 6.54 Å². The zero-order valence-electron chi connectivity index (χ0n) is 11.6. The maximum Gasteiger partial charge on any atom is 0.0991 e. The number of nitrogens with one attached hydrogen (secondary N) is 2. The minimum Gasteiger partial charge on any atom is -0.357 e. The van der Waals surface area contributed by atoms with Crippen LogP contribution in [0.3, 0.4) is 0 Å². The highest BCUT2D eigenvalue weighted by Crippen LogP contribution is 2.33. The molecule has 0 fully saturated rings. The van der Waals surface area contributed by atoms with Gasteiger partial charge in [0, 0.05) is 23.1 Å². The SMILES string of the molecule is N#Cc1cccc(C2NCCc3c2[nH]c2ccccc32)c1. The van der Waals surface area contributed by atoms with E-state index in [9.17, 15) is 0 Å². The molecule has 4 rings (SSSR count). The van der Waals surface area contributed by atoms with Gasteiger partial charge in [0.1, 0.15) is 0 Å². The van der Waals surface area contributed by atoms with Crippen LogP contribution in [0.4, 0.5) is 0 Å². The Morgan fingerprint density at radius 1 is 1.10 bits per heavy atom. The number of benzene rings is 2. The molecule has 1 atom stereocenters. The van der Waals surface area contributed by atoms with Crippen molar-refractivity contribution >= 4 is 10.9 Å². The first-order valence-corrected chi connectivity index (χ1v) is 7.20. The maximum absolute atomic E-state index is 9.09. The summed E-state index contributed by atoms with van der Waals surface area (Å²) in [5, 5.41) is 14.0. The molecule has 21 heavy (non-hydrogen) atoms. The first-order valence-electron chi connectivity index (χ1n) is 7.20. The van der Waals surface area contributed by atoms with Gasteiger partial charge in [-0.3, -0.25) is 0 Å². The van der Waals surface area contributed by atoms with Crippen LogP contribution in [0.15, 0.2) is 48.5 Å². The first kappa shape index (κ1) is 12.2. The Morgan fingerprint density at radius 2 is 2.00 bits per heavy atom. The van der Waals surface area contributed by atoms with E-state index in [0.717, 1.165) is 18.5 Å². The summed E-state index contributed by atoms with van der Waals surface area (Å²) in [7, 11) is 0. The van der Waals surface area contributed by atoms with Crippen molar-refractivity contribution in [3.05, 3.63) is 70.9 Å². The molecule has 0 amide bonds. The fraction of sp³-hybridized carbons (Fsp3) is 0.167. The molecule has 1 unspecified atom stereocenters. The Balaban J connectivity index is 1.88. The van der Waals surface area contributed by atoms with E-state index in [0.29, 0.717) is 5.56 Å². The Kier molecular flexibility index (Phi) is 2.77. The van der Waals surface area contributed by atoms with E-state index >= 15 is 0 Å². The molecule has 1 aliphatic heterocycles. The molecular weight excluding hydrogens is 258 g/mol. The number of aromatic amines is 1. The summed E-state index contributed by atoms with van der Waals surface area (Å²) >= 11 is 0. The van der Waals surface area contributed by atoms with Crippen LogP contribution in [0, 0.1) is 11.3 Å². The smallest absolute Gasteiger partial charge is 0.0991 e. The van der Waals surface area contributed by atoms with Gasteiger partial charge in [-0.15, -0.1) is 0 Å². The third-order valence-electron chi connectivity index (χ3n) is 4.21. The van der Waals surface area contributed by atoms with Crippen molar-refractivity contribution in [2.24, 2.45) is 0 Å². The van der Waals surface area contributed by atoms with E-state index in [1.165, 1.54) is 22.2 Å². The summed E-state index contributed by atoms with van der Waals surface area (Å²) in [4.78, 5) is 3.56. The average Bonchev–Trinajstić information content (AvgIpc) is 2.93. The number of rotatable bonds is 1. The van der Waals surface area contributed by atoms with Crippen LogP contribution in [-0.2, 0) is 6.42 Å². The number of hydrogen-bond donors (Lipinski definition) is 2. The van der Waals surface area contributed by atoms with Gasteiger partial charge >= 0.3 is 0 Å². The molecule has 3 nitrogen and oxygen atoms in total. The molecule has 1 aromatic heterocycles. The Hall–Kier alpha value is -2.57. The first-order chi connectivity index (χ1) is 10.4. The summed E-state index contributed by atoms with van der Waals surface area (Å²) < 4.78 is 0. The number of para-hydroxylation sites is 1. The second-order valence-electron chi connectivity index (χ2n) is 5.44. The molecule has 0 spiro atoms. The van der Waals surface area contributed by atoms with Crippen LogP contribution in [0.2, 0.25) is 0 Å². The van der Waals surface area contributed by atoms with E-state index in [1.54, 1.807) is 0 Å². The normalized spacial score (nSPS) is 17.4. The number of aromatic nitrogens is 1. The third kappa shape index (κ3) is 1.93. The van der Waals surface area contributed by atoms with E-state index in [1.807, 2.05) is 18.2 Å². The van der Waals surface area contributed by atoms with E-state index in [4.69, 9.17) is 5.26 Å². The van der Waals surface area contributed by atoms with Crippen molar-refractivity contribution < 1.29 is 0 Å². The van der Waals surface area contributed by atoms with E-state index < -0.39 is 0 Å². The number of nitriles is 1. The van der Waals surface area contributed by atoms with Crippen LogP contribution in [0.25, 0.3) is 10.9 Å². The van der Waals surface area contributed by atoms with Crippen LogP contribution >= 0.6 is 0 Å². The van der Waals surface area contributed by atoms with Gasteiger partial charge in [0.05, 0.1) is 17.7 Å². The van der Waals surface area contributed by atoms with Crippen molar-refractivity contribution in [3.63, 3.8) is 0 Å². The molecule has 0 bridgehead atoms. The molecule has 2 N–H and O–H groups in total. The summed E-state index contributed by atoms with van der Waals surface area (Å²) in [5.41, 5.74) is 5.67. The zero-order valence-corrected chi connectivity index (χ0v) is 11.6. The minimum absolute atomic E-state index is 0.134. The summed E-state index contributed by atoms with van der Waals surface area (Å²) in [6, 6.07) is 18.6. The van der Waals surface area contributed by atoms with Crippen LogP contribution < -0.4 is 5.32 Å². The van der Waals surface area contributed by atoms with Gasteiger partial charge in [-0.1, -0.05) is 30.3 Å². The summed E-state index contributed by atoms with van der Waals surface area (Å²) in [5.74, 6) is 0.